The minimum Gasteiger partial charge on any atom is -0.469 e. The molecular formula is C35H42N4O3. The highest BCUT2D eigenvalue weighted by molar-refractivity contribution is 5.95. The minimum atomic E-state index is -0.268. The van der Waals surface area contributed by atoms with E-state index in [1.807, 2.05) is 0 Å². The first kappa shape index (κ1) is 29.5. The van der Waals surface area contributed by atoms with E-state index in [0.29, 0.717) is 6.42 Å². The van der Waals surface area contributed by atoms with Crippen LogP contribution in [-0.4, -0.2) is 38.8 Å². The predicted octanol–water partition coefficient (Wildman–Crippen LogP) is 7.42. The number of aromatic amines is 2. The van der Waals surface area contributed by atoms with Gasteiger partial charge in [-0.3, -0.25) is 14.6 Å². The molecule has 5 heterocycles. The summed E-state index contributed by atoms with van der Waals surface area (Å²) >= 11 is 0. The molecule has 2 aliphatic rings. The van der Waals surface area contributed by atoms with Crippen molar-refractivity contribution in [1.82, 2.24) is 19.9 Å². The number of ether oxygens (including phenoxy) is 1. The van der Waals surface area contributed by atoms with E-state index < -0.39 is 0 Å². The second-order valence-corrected chi connectivity index (χ2v) is 11.7. The van der Waals surface area contributed by atoms with Gasteiger partial charge in [0.2, 0.25) is 0 Å². The zero-order valence-electron chi connectivity index (χ0n) is 26.2. The summed E-state index contributed by atoms with van der Waals surface area (Å²) in [6, 6.07) is 6.53. The van der Waals surface area contributed by atoms with Gasteiger partial charge >= 0.3 is 5.97 Å². The third-order valence-corrected chi connectivity index (χ3v) is 8.96. The lowest BCUT2D eigenvalue weighted by Crippen LogP contribution is -2.06. The lowest BCUT2D eigenvalue weighted by atomic mass is 9.94. The molecule has 2 aliphatic heterocycles. The maximum atomic E-state index is 12.6. The Balaban J connectivity index is 1.95. The number of aryl methyl sites for hydroxylation is 4. The highest BCUT2D eigenvalue weighted by atomic mass is 16.5. The third-order valence-electron chi connectivity index (χ3n) is 8.96. The van der Waals surface area contributed by atoms with Gasteiger partial charge in [0.05, 0.1) is 18.5 Å². The number of rotatable bonds is 7. The molecule has 42 heavy (non-hydrogen) atoms. The molecule has 2 N–H and O–H groups in total. The Morgan fingerprint density at radius 2 is 1.52 bits per heavy atom. The molecule has 0 spiro atoms. The molecule has 0 amide bonds. The minimum absolute atomic E-state index is 0.0581. The van der Waals surface area contributed by atoms with E-state index in [-0.39, 0.29) is 30.5 Å². The first-order valence-corrected chi connectivity index (χ1v) is 15.1. The largest absolute Gasteiger partial charge is 0.469 e. The van der Waals surface area contributed by atoms with E-state index in [2.05, 4.69) is 69.7 Å². The van der Waals surface area contributed by atoms with Crippen LogP contribution in [0.5, 0.6) is 0 Å². The number of nitrogens with zero attached hydrogens (tertiary/aromatic N) is 2. The van der Waals surface area contributed by atoms with Crippen molar-refractivity contribution in [2.24, 2.45) is 0 Å². The van der Waals surface area contributed by atoms with Crippen molar-refractivity contribution in [2.45, 2.75) is 92.9 Å². The van der Waals surface area contributed by atoms with Crippen molar-refractivity contribution in [3.8, 4) is 0 Å². The van der Waals surface area contributed by atoms with Crippen molar-refractivity contribution in [1.29, 1.82) is 0 Å². The van der Waals surface area contributed by atoms with E-state index in [9.17, 15) is 9.59 Å². The summed E-state index contributed by atoms with van der Waals surface area (Å²) in [6.07, 6.45) is 3.51. The lowest BCUT2D eigenvalue weighted by Gasteiger charge is -2.10. The molecule has 1 atom stereocenters. The first-order chi connectivity index (χ1) is 20.1. The molecule has 0 aromatic carbocycles. The number of fused-ring (bicyclic) bond motifs is 8. The van der Waals surface area contributed by atoms with E-state index in [1.54, 1.807) is 6.92 Å². The van der Waals surface area contributed by atoms with E-state index in [0.717, 1.165) is 80.8 Å². The fraction of sp³-hybridized carbons (Fsp3) is 0.429. The average Bonchev–Trinajstić information content (AvgIpc) is 3.65. The van der Waals surface area contributed by atoms with Crippen LogP contribution in [0.4, 0.5) is 0 Å². The molecule has 0 saturated carbocycles. The Labute approximate surface area is 247 Å². The Bertz CT molecular complexity index is 1790. The summed E-state index contributed by atoms with van der Waals surface area (Å²) in [4.78, 5) is 42.5. The Hall–Kier alpha value is -4.00. The monoisotopic (exact) mass is 566 g/mol. The van der Waals surface area contributed by atoms with Gasteiger partial charge in [0, 0.05) is 57.8 Å². The quantitative estimate of drug-likeness (QED) is 0.290. The summed E-state index contributed by atoms with van der Waals surface area (Å²) in [5.41, 5.74) is 15.7. The molecule has 3 aromatic heterocycles. The smallest absolute Gasteiger partial charge is 0.305 e. The van der Waals surface area contributed by atoms with Gasteiger partial charge in [-0.05, 0) is 105 Å². The number of H-pyrrole nitrogens is 2. The van der Waals surface area contributed by atoms with Crippen LogP contribution in [0, 0.1) is 13.8 Å². The lowest BCUT2D eigenvalue weighted by molar-refractivity contribution is -0.140. The average molecular weight is 567 g/mol. The third kappa shape index (κ3) is 5.33. The van der Waals surface area contributed by atoms with Crippen LogP contribution in [0.3, 0.4) is 0 Å². The molecular weight excluding hydrogens is 524 g/mol. The van der Waals surface area contributed by atoms with Crippen LogP contribution in [0.15, 0.2) is 18.2 Å². The van der Waals surface area contributed by atoms with Gasteiger partial charge in [-0.25, -0.2) is 4.98 Å². The highest BCUT2D eigenvalue weighted by Gasteiger charge is 2.27. The number of nitrogens with one attached hydrogen (secondary N) is 2. The number of ketones is 1. The van der Waals surface area contributed by atoms with Crippen molar-refractivity contribution in [2.75, 3.05) is 7.11 Å². The zero-order chi connectivity index (χ0) is 30.3. The molecule has 5 rings (SSSR count). The maximum Gasteiger partial charge on any atom is 0.305 e. The molecule has 0 radical (unpaired) electrons. The fourth-order valence-electron chi connectivity index (χ4n) is 6.50. The number of methoxy groups -OCH3 is 1. The molecule has 0 aliphatic carbocycles. The van der Waals surface area contributed by atoms with Crippen molar-refractivity contribution < 1.29 is 14.3 Å². The van der Waals surface area contributed by atoms with Crippen molar-refractivity contribution in [3.05, 3.63) is 68.8 Å². The normalized spacial score (nSPS) is 14.9. The second kappa shape index (κ2) is 11.7. The fourth-order valence-corrected chi connectivity index (χ4v) is 6.50. The number of Topliss-reactive ketones (excluding diaryl/α,β-unsaturated/α-hetero) is 1. The van der Waals surface area contributed by atoms with Gasteiger partial charge in [-0.15, -0.1) is 0 Å². The van der Waals surface area contributed by atoms with Crippen molar-refractivity contribution in [3.63, 3.8) is 0 Å². The van der Waals surface area contributed by atoms with Gasteiger partial charge < -0.3 is 14.7 Å². The van der Waals surface area contributed by atoms with Crippen LogP contribution in [-0.2, 0) is 40.0 Å². The standard InChI is InChI=1S/C35H42N4O3/c1-9-23-20(5)28-15-27-18(3)13-31(36-27)26(14-19(4)40)35-25(11-12-34(41)42-8)22(7)30(39-35)16-29-21(6)24(10-2)33(38-29)17-32(23)37-28/h15-18,37-38H,9-14H2,1-8H3/t18-/m1/s1. The van der Waals surface area contributed by atoms with Gasteiger partial charge in [-0.1, -0.05) is 20.8 Å². The number of esters is 1. The SMILES string of the molecule is CCc1c(C)c2cc3nc(c(CC(C)=O)c4nc(cc5[nH]c(cc1[nH]2)c(CC)c5C)[C@H](C)C4)C(CCC(=O)OC)=C3C. The molecule has 7 nitrogen and oxygen atoms in total. The van der Waals surface area contributed by atoms with Crippen LogP contribution in [0.1, 0.15) is 104 Å². The van der Waals surface area contributed by atoms with Gasteiger partial charge in [0.1, 0.15) is 5.78 Å². The van der Waals surface area contributed by atoms with Gasteiger partial charge in [0.25, 0.3) is 0 Å². The number of carbonyl (C=O) groups is 2. The molecule has 3 aromatic rings. The molecule has 0 fully saturated rings. The van der Waals surface area contributed by atoms with E-state index >= 15 is 0 Å². The van der Waals surface area contributed by atoms with E-state index in [4.69, 9.17) is 14.7 Å². The van der Waals surface area contributed by atoms with Gasteiger partial charge in [0.15, 0.2) is 0 Å². The predicted molar refractivity (Wildman–Crippen MR) is 169 cm³/mol. The van der Waals surface area contributed by atoms with Crippen LogP contribution in [0.25, 0.3) is 33.2 Å². The van der Waals surface area contributed by atoms with Gasteiger partial charge in [-0.2, -0.15) is 0 Å². The van der Waals surface area contributed by atoms with Crippen LogP contribution < -0.4 is 0 Å². The molecule has 0 saturated heterocycles. The Kier molecular flexibility index (Phi) is 8.22. The Morgan fingerprint density at radius 1 is 0.905 bits per heavy atom. The number of allylic oxidation sites excluding steroid dienone is 2. The maximum absolute atomic E-state index is 12.6. The molecule has 7 heteroatoms. The summed E-state index contributed by atoms with van der Waals surface area (Å²) in [6.45, 7) is 14.6. The molecule has 0 unspecified atom stereocenters. The summed E-state index contributed by atoms with van der Waals surface area (Å²) in [7, 11) is 1.41. The zero-order valence-corrected chi connectivity index (χ0v) is 26.2. The summed E-state index contributed by atoms with van der Waals surface area (Å²) < 4.78 is 4.96. The molecule has 220 valence electrons. The second-order valence-electron chi connectivity index (χ2n) is 11.7. The topological polar surface area (TPSA) is 101 Å². The van der Waals surface area contributed by atoms with Crippen LogP contribution in [0.2, 0.25) is 0 Å². The van der Waals surface area contributed by atoms with Crippen molar-refractivity contribution >= 4 is 45.0 Å². The first-order valence-electron chi connectivity index (χ1n) is 15.1. The van der Waals surface area contributed by atoms with E-state index in [1.165, 1.54) is 29.4 Å². The number of carbonyl (C=O) groups excluding carboxylic acids is 2. The number of hydrogen-bond acceptors (Lipinski definition) is 5. The highest BCUT2D eigenvalue weighted by Crippen LogP contribution is 2.38. The Morgan fingerprint density at radius 3 is 2.10 bits per heavy atom. The number of aromatic nitrogens is 4. The number of hydrogen-bond donors (Lipinski definition) is 2. The molecule has 8 bridgehead atoms. The summed E-state index contributed by atoms with van der Waals surface area (Å²) in [5.74, 6) is -0.0170. The summed E-state index contributed by atoms with van der Waals surface area (Å²) in [5, 5.41) is 0. The van der Waals surface area contributed by atoms with Crippen LogP contribution >= 0.6 is 0 Å².